The third-order valence-electron chi connectivity index (χ3n) is 3.94. The van der Waals surface area contributed by atoms with Crippen molar-refractivity contribution in [3.63, 3.8) is 0 Å². The summed E-state index contributed by atoms with van der Waals surface area (Å²) in [6.45, 7) is 3.59. The number of benzene rings is 1. The molecule has 1 aliphatic rings. The number of nitrogens with zero attached hydrogens (tertiary/aromatic N) is 3. The van der Waals surface area contributed by atoms with Crippen LogP contribution in [0.3, 0.4) is 0 Å². The van der Waals surface area contributed by atoms with Gasteiger partial charge in [-0.1, -0.05) is 0 Å². The van der Waals surface area contributed by atoms with Crippen LogP contribution in [0, 0.1) is 10.1 Å². The van der Waals surface area contributed by atoms with E-state index in [0.717, 1.165) is 0 Å². The zero-order valence-corrected chi connectivity index (χ0v) is 13.1. The van der Waals surface area contributed by atoms with Gasteiger partial charge in [0.15, 0.2) is 0 Å². The fourth-order valence-electron chi connectivity index (χ4n) is 3.09. The molecule has 2 aromatic rings. The van der Waals surface area contributed by atoms with Gasteiger partial charge in [0.1, 0.15) is 5.69 Å². The molecule has 0 spiro atoms. The molecule has 1 saturated heterocycles. The van der Waals surface area contributed by atoms with Crippen molar-refractivity contribution in [2.24, 2.45) is 0 Å². The fourth-order valence-corrected chi connectivity index (χ4v) is 3.09. The van der Waals surface area contributed by atoms with Crippen LogP contribution in [0.5, 0.6) is 0 Å². The lowest BCUT2D eigenvalue weighted by Crippen LogP contribution is -2.48. The van der Waals surface area contributed by atoms with E-state index in [1.807, 2.05) is 17.9 Å². The standard InChI is InChI=1S/C16H19N3O4/c1-11-8-18(9-12(23-11)10-22-2)15-6-5-14-13(4-3-7-17-14)16(15)19(20)21/h3-7,11-12H,8-10H2,1-2H3. The molecule has 7 nitrogen and oxygen atoms in total. The zero-order chi connectivity index (χ0) is 16.4. The summed E-state index contributed by atoms with van der Waals surface area (Å²) in [6, 6.07) is 7.05. The van der Waals surface area contributed by atoms with Crippen LogP contribution in [0.25, 0.3) is 10.9 Å². The number of fused-ring (bicyclic) bond motifs is 1. The van der Waals surface area contributed by atoms with Crippen LogP contribution in [0.1, 0.15) is 6.92 Å². The first-order chi connectivity index (χ1) is 11.1. The Kier molecular flexibility index (Phi) is 4.40. The predicted octanol–water partition coefficient (Wildman–Crippen LogP) is 2.38. The van der Waals surface area contributed by atoms with Gasteiger partial charge >= 0.3 is 5.69 Å². The normalized spacial score (nSPS) is 21.6. The first-order valence-electron chi connectivity index (χ1n) is 7.51. The molecule has 2 heterocycles. The number of anilines is 1. The summed E-state index contributed by atoms with van der Waals surface area (Å²) in [4.78, 5) is 17.5. The van der Waals surface area contributed by atoms with E-state index >= 15 is 0 Å². The van der Waals surface area contributed by atoms with Crippen LogP contribution in [-0.2, 0) is 9.47 Å². The second-order valence-electron chi connectivity index (χ2n) is 5.69. The minimum atomic E-state index is -0.329. The minimum absolute atomic E-state index is 0.0203. The van der Waals surface area contributed by atoms with Crippen molar-refractivity contribution >= 4 is 22.3 Å². The van der Waals surface area contributed by atoms with Crippen LogP contribution < -0.4 is 4.90 Å². The van der Waals surface area contributed by atoms with Gasteiger partial charge in [-0.15, -0.1) is 0 Å². The zero-order valence-electron chi connectivity index (χ0n) is 13.1. The number of methoxy groups -OCH3 is 1. The maximum atomic E-state index is 11.7. The van der Waals surface area contributed by atoms with E-state index in [1.165, 1.54) is 0 Å². The fraction of sp³-hybridized carbons (Fsp3) is 0.438. The van der Waals surface area contributed by atoms with Crippen molar-refractivity contribution in [2.45, 2.75) is 19.1 Å². The number of aromatic nitrogens is 1. The average molecular weight is 317 g/mol. The molecule has 1 aliphatic heterocycles. The highest BCUT2D eigenvalue weighted by Crippen LogP contribution is 2.36. The molecule has 0 saturated carbocycles. The maximum Gasteiger partial charge on any atom is 0.301 e. The second-order valence-corrected chi connectivity index (χ2v) is 5.69. The van der Waals surface area contributed by atoms with Gasteiger partial charge < -0.3 is 14.4 Å². The molecule has 0 amide bonds. The lowest BCUT2D eigenvalue weighted by molar-refractivity contribution is -0.382. The van der Waals surface area contributed by atoms with Crippen LogP contribution in [-0.4, -0.2) is 48.9 Å². The number of pyridine rings is 1. The van der Waals surface area contributed by atoms with Gasteiger partial charge in [-0.05, 0) is 31.2 Å². The third-order valence-corrected chi connectivity index (χ3v) is 3.94. The SMILES string of the molecule is COCC1CN(c2ccc3ncccc3c2[N+](=O)[O-])CC(C)O1. The molecule has 7 heteroatoms. The van der Waals surface area contributed by atoms with Crippen LogP contribution in [0.2, 0.25) is 0 Å². The van der Waals surface area contributed by atoms with Gasteiger partial charge in [0.05, 0.1) is 34.6 Å². The summed E-state index contributed by atoms with van der Waals surface area (Å²) >= 11 is 0. The highest BCUT2D eigenvalue weighted by atomic mass is 16.6. The molecule has 2 unspecified atom stereocenters. The van der Waals surface area contributed by atoms with E-state index in [-0.39, 0.29) is 22.8 Å². The van der Waals surface area contributed by atoms with E-state index in [2.05, 4.69) is 4.98 Å². The number of nitro groups is 1. The van der Waals surface area contributed by atoms with Crippen molar-refractivity contribution in [2.75, 3.05) is 31.7 Å². The number of ether oxygens (including phenoxy) is 2. The number of hydrogen-bond acceptors (Lipinski definition) is 6. The predicted molar refractivity (Wildman–Crippen MR) is 86.8 cm³/mol. The van der Waals surface area contributed by atoms with Crippen LogP contribution in [0.4, 0.5) is 11.4 Å². The average Bonchev–Trinajstić information content (AvgIpc) is 2.53. The number of nitro benzene ring substituents is 1. The van der Waals surface area contributed by atoms with Gasteiger partial charge in [0, 0.05) is 26.4 Å². The third kappa shape index (κ3) is 3.11. The van der Waals surface area contributed by atoms with Gasteiger partial charge in [-0.2, -0.15) is 0 Å². The highest BCUT2D eigenvalue weighted by Gasteiger charge is 2.30. The van der Waals surface area contributed by atoms with Crippen molar-refractivity contribution in [3.05, 3.63) is 40.6 Å². The van der Waals surface area contributed by atoms with Crippen LogP contribution >= 0.6 is 0 Å². The first-order valence-corrected chi connectivity index (χ1v) is 7.51. The molecule has 122 valence electrons. The summed E-state index contributed by atoms with van der Waals surface area (Å²) in [7, 11) is 1.62. The molecule has 0 N–H and O–H groups in total. The molecule has 23 heavy (non-hydrogen) atoms. The summed E-state index contributed by atoms with van der Waals surface area (Å²) < 4.78 is 11.0. The molecule has 1 aromatic carbocycles. The number of rotatable bonds is 4. The molecule has 2 atom stereocenters. The molecule has 0 radical (unpaired) electrons. The Labute approximate surface area is 134 Å². The smallest absolute Gasteiger partial charge is 0.301 e. The van der Waals surface area contributed by atoms with Crippen LogP contribution in [0.15, 0.2) is 30.5 Å². The van der Waals surface area contributed by atoms with E-state index < -0.39 is 0 Å². The monoisotopic (exact) mass is 317 g/mol. The Bertz CT molecular complexity index is 722. The Morgan fingerprint density at radius 1 is 1.43 bits per heavy atom. The molecule has 3 rings (SSSR count). The largest absolute Gasteiger partial charge is 0.382 e. The van der Waals surface area contributed by atoms with Crippen molar-refractivity contribution in [3.8, 4) is 0 Å². The lowest BCUT2D eigenvalue weighted by Gasteiger charge is -2.37. The molecular formula is C16H19N3O4. The van der Waals surface area contributed by atoms with Crippen molar-refractivity contribution in [1.82, 2.24) is 4.98 Å². The van der Waals surface area contributed by atoms with Gasteiger partial charge in [0.25, 0.3) is 0 Å². The second kappa shape index (κ2) is 6.47. The van der Waals surface area contributed by atoms with E-state index in [1.54, 1.807) is 31.5 Å². The minimum Gasteiger partial charge on any atom is -0.382 e. The first kappa shape index (κ1) is 15.6. The maximum absolute atomic E-state index is 11.7. The highest BCUT2D eigenvalue weighted by molar-refractivity contribution is 5.94. The lowest BCUT2D eigenvalue weighted by atomic mass is 10.1. The Balaban J connectivity index is 2.04. The van der Waals surface area contributed by atoms with Gasteiger partial charge in [0.2, 0.25) is 0 Å². The summed E-state index contributed by atoms with van der Waals surface area (Å²) in [6.07, 6.45) is 1.51. The van der Waals surface area contributed by atoms with Gasteiger partial charge in [-0.3, -0.25) is 15.1 Å². The Hall–Kier alpha value is -2.25. The van der Waals surface area contributed by atoms with Crippen molar-refractivity contribution < 1.29 is 14.4 Å². The molecule has 0 aliphatic carbocycles. The Morgan fingerprint density at radius 2 is 2.26 bits per heavy atom. The summed E-state index contributed by atoms with van der Waals surface area (Å²) in [5.41, 5.74) is 1.32. The quantitative estimate of drug-likeness (QED) is 0.636. The summed E-state index contributed by atoms with van der Waals surface area (Å²) in [5, 5.41) is 12.2. The summed E-state index contributed by atoms with van der Waals surface area (Å²) in [5.74, 6) is 0. The topological polar surface area (TPSA) is 77.7 Å². The number of hydrogen-bond donors (Lipinski definition) is 0. The van der Waals surface area contributed by atoms with E-state index in [4.69, 9.17) is 9.47 Å². The van der Waals surface area contributed by atoms with Crippen molar-refractivity contribution in [1.29, 1.82) is 0 Å². The molecular weight excluding hydrogens is 298 g/mol. The van der Waals surface area contributed by atoms with Gasteiger partial charge in [-0.25, -0.2) is 0 Å². The van der Waals surface area contributed by atoms with E-state index in [0.29, 0.717) is 36.3 Å². The molecule has 0 bridgehead atoms. The molecule has 1 aromatic heterocycles. The number of morpholine rings is 1. The van der Waals surface area contributed by atoms with E-state index in [9.17, 15) is 10.1 Å². The Morgan fingerprint density at radius 3 is 3.00 bits per heavy atom. The molecule has 1 fully saturated rings.